The molecule has 2 aliphatic heterocycles. The Bertz CT molecular complexity index is 864. The van der Waals surface area contributed by atoms with Crippen LogP contribution in [0.5, 0.6) is 11.5 Å². The maximum Gasteiger partial charge on any atom is 0.189 e. The van der Waals surface area contributed by atoms with Gasteiger partial charge >= 0.3 is 0 Å². The third kappa shape index (κ3) is 4.70. The molecule has 0 bridgehead atoms. The van der Waals surface area contributed by atoms with Crippen LogP contribution in [0, 0.1) is 0 Å². The van der Waals surface area contributed by atoms with E-state index in [4.69, 9.17) is 20.2 Å². The molecule has 0 amide bonds. The number of fused-ring (bicyclic) bond motifs is 1. The van der Waals surface area contributed by atoms with E-state index >= 15 is 0 Å². The predicted molar refractivity (Wildman–Crippen MR) is 120 cm³/mol. The molecule has 30 heavy (non-hydrogen) atoms. The maximum absolute atomic E-state index is 6.34. The third-order valence-corrected chi connectivity index (χ3v) is 6.04. The SMILES string of the molecule is COc1ccccc1C(CN=C(N)NC1CCOc2ccccc21)N1CCCCC1. The van der Waals surface area contributed by atoms with Gasteiger partial charge in [0.15, 0.2) is 5.96 Å². The lowest BCUT2D eigenvalue weighted by atomic mass is 10.0. The second-order valence-corrected chi connectivity index (χ2v) is 7.95. The first kappa shape index (κ1) is 20.5. The zero-order valence-electron chi connectivity index (χ0n) is 17.7. The number of methoxy groups -OCH3 is 1. The molecule has 2 aliphatic rings. The molecular formula is C24H32N4O2. The normalized spacial score (nSPS) is 20.7. The summed E-state index contributed by atoms with van der Waals surface area (Å²) < 4.78 is 11.4. The number of benzene rings is 2. The zero-order chi connectivity index (χ0) is 20.8. The van der Waals surface area contributed by atoms with Crippen molar-refractivity contribution in [2.24, 2.45) is 10.7 Å². The standard InChI is InChI=1S/C24H32N4O2/c1-29-22-11-5-4-10-19(22)21(28-14-7-2-8-15-28)17-26-24(25)27-20-13-16-30-23-12-6-3-9-18(20)23/h3-6,9-12,20-21H,2,7-8,13-17H2,1H3,(H3,25,26,27). The van der Waals surface area contributed by atoms with Gasteiger partial charge in [0, 0.05) is 17.5 Å². The van der Waals surface area contributed by atoms with Gasteiger partial charge in [0.2, 0.25) is 0 Å². The van der Waals surface area contributed by atoms with Gasteiger partial charge in [-0.25, -0.2) is 0 Å². The quantitative estimate of drug-likeness (QED) is 0.564. The highest BCUT2D eigenvalue weighted by atomic mass is 16.5. The summed E-state index contributed by atoms with van der Waals surface area (Å²) in [5.41, 5.74) is 8.65. The summed E-state index contributed by atoms with van der Waals surface area (Å²) in [5.74, 6) is 2.32. The highest BCUT2D eigenvalue weighted by Gasteiger charge is 2.25. The van der Waals surface area contributed by atoms with Crippen molar-refractivity contribution in [3.05, 3.63) is 59.7 Å². The molecule has 2 heterocycles. The molecule has 2 aromatic rings. The summed E-state index contributed by atoms with van der Waals surface area (Å²) >= 11 is 0. The van der Waals surface area contributed by atoms with Crippen LogP contribution in [0.1, 0.15) is 48.9 Å². The number of rotatable bonds is 6. The number of likely N-dealkylation sites (tertiary alicyclic amines) is 1. The van der Waals surface area contributed by atoms with Gasteiger partial charge in [-0.15, -0.1) is 0 Å². The minimum Gasteiger partial charge on any atom is -0.496 e. The van der Waals surface area contributed by atoms with E-state index in [1.165, 1.54) is 24.8 Å². The number of nitrogens with one attached hydrogen (secondary N) is 1. The number of hydrogen-bond donors (Lipinski definition) is 2. The van der Waals surface area contributed by atoms with Crippen molar-refractivity contribution in [1.82, 2.24) is 10.2 Å². The summed E-state index contributed by atoms with van der Waals surface area (Å²) in [6.07, 6.45) is 4.62. The molecule has 2 atom stereocenters. The summed E-state index contributed by atoms with van der Waals surface area (Å²) in [6.45, 7) is 3.45. The molecule has 0 aliphatic carbocycles. The number of piperidine rings is 1. The Hall–Kier alpha value is -2.73. The molecule has 2 aromatic carbocycles. The van der Waals surface area contributed by atoms with Gasteiger partial charge < -0.3 is 20.5 Å². The molecular weight excluding hydrogens is 376 g/mol. The zero-order valence-corrected chi connectivity index (χ0v) is 17.7. The Balaban J connectivity index is 1.51. The summed E-state index contributed by atoms with van der Waals surface area (Å²) in [7, 11) is 1.73. The molecule has 3 N–H and O–H groups in total. The van der Waals surface area contributed by atoms with Crippen molar-refractivity contribution in [3.63, 3.8) is 0 Å². The van der Waals surface area contributed by atoms with Gasteiger partial charge in [0.05, 0.1) is 32.3 Å². The first-order valence-corrected chi connectivity index (χ1v) is 10.9. The minimum atomic E-state index is 0.124. The lowest BCUT2D eigenvalue weighted by Gasteiger charge is -2.34. The molecule has 0 spiro atoms. The number of nitrogens with zero attached hydrogens (tertiary/aromatic N) is 2. The van der Waals surface area contributed by atoms with Gasteiger partial charge in [-0.2, -0.15) is 0 Å². The molecule has 4 rings (SSSR count). The molecule has 1 fully saturated rings. The van der Waals surface area contributed by atoms with Crippen molar-refractivity contribution in [1.29, 1.82) is 0 Å². The molecule has 0 aromatic heterocycles. The van der Waals surface area contributed by atoms with Crippen molar-refractivity contribution in [3.8, 4) is 11.5 Å². The Morgan fingerprint density at radius 2 is 1.93 bits per heavy atom. The fourth-order valence-corrected chi connectivity index (χ4v) is 4.48. The van der Waals surface area contributed by atoms with Crippen LogP contribution in [-0.4, -0.2) is 44.2 Å². The predicted octanol–water partition coefficient (Wildman–Crippen LogP) is 3.65. The number of nitrogens with two attached hydrogens (primary N) is 1. The van der Waals surface area contributed by atoms with Crippen LogP contribution in [0.25, 0.3) is 0 Å². The Morgan fingerprint density at radius 1 is 1.17 bits per heavy atom. The van der Waals surface area contributed by atoms with Crippen LogP contribution in [0.2, 0.25) is 0 Å². The average Bonchev–Trinajstić information content (AvgIpc) is 2.80. The minimum absolute atomic E-state index is 0.124. The van der Waals surface area contributed by atoms with E-state index < -0.39 is 0 Å². The van der Waals surface area contributed by atoms with Gasteiger partial charge in [0.25, 0.3) is 0 Å². The molecule has 1 saturated heterocycles. The van der Waals surface area contributed by atoms with Gasteiger partial charge in [-0.3, -0.25) is 9.89 Å². The summed E-state index contributed by atoms with van der Waals surface area (Å²) in [5, 5.41) is 3.41. The molecule has 0 saturated carbocycles. The van der Waals surface area contributed by atoms with Crippen molar-refractivity contribution in [2.75, 3.05) is 33.4 Å². The summed E-state index contributed by atoms with van der Waals surface area (Å²) in [4.78, 5) is 7.28. The first-order valence-electron chi connectivity index (χ1n) is 10.9. The summed E-state index contributed by atoms with van der Waals surface area (Å²) in [6, 6.07) is 16.6. The molecule has 6 nitrogen and oxygen atoms in total. The smallest absolute Gasteiger partial charge is 0.189 e. The Kier molecular flexibility index (Phi) is 6.74. The Labute approximate surface area is 179 Å². The first-order chi connectivity index (χ1) is 14.8. The highest BCUT2D eigenvalue weighted by molar-refractivity contribution is 5.78. The van der Waals surface area contributed by atoms with Gasteiger partial charge in [0.1, 0.15) is 11.5 Å². The van der Waals surface area contributed by atoms with Gasteiger partial charge in [-0.1, -0.05) is 42.8 Å². The van der Waals surface area contributed by atoms with E-state index in [0.717, 1.165) is 36.6 Å². The van der Waals surface area contributed by atoms with Crippen LogP contribution in [0.3, 0.4) is 0 Å². The highest BCUT2D eigenvalue weighted by Crippen LogP contribution is 2.33. The van der Waals surface area contributed by atoms with Crippen LogP contribution in [0.4, 0.5) is 0 Å². The van der Waals surface area contributed by atoms with Crippen molar-refractivity contribution >= 4 is 5.96 Å². The van der Waals surface area contributed by atoms with Crippen molar-refractivity contribution in [2.45, 2.75) is 37.8 Å². The number of para-hydroxylation sites is 2. The third-order valence-electron chi connectivity index (χ3n) is 6.04. The number of aliphatic imine (C=N–C) groups is 1. The van der Waals surface area contributed by atoms with Crippen LogP contribution in [0.15, 0.2) is 53.5 Å². The van der Waals surface area contributed by atoms with Crippen molar-refractivity contribution < 1.29 is 9.47 Å². The number of guanidine groups is 1. The molecule has 2 unspecified atom stereocenters. The maximum atomic E-state index is 6.34. The van der Waals surface area contributed by atoms with Crippen LogP contribution < -0.4 is 20.5 Å². The van der Waals surface area contributed by atoms with Crippen LogP contribution >= 0.6 is 0 Å². The monoisotopic (exact) mass is 408 g/mol. The average molecular weight is 409 g/mol. The van der Waals surface area contributed by atoms with E-state index in [1.54, 1.807) is 7.11 Å². The van der Waals surface area contributed by atoms with Gasteiger partial charge in [-0.05, 0) is 38.1 Å². The van der Waals surface area contributed by atoms with E-state index in [1.807, 2.05) is 30.3 Å². The van der Waals surface area contributed by atoms with E-state index in [0.29, 0.717) is 19.1 Å². The molecule has 160 valence electrons. The number of hydrogen-bond acceptors (Lipinski definition) is 4. The molecule has 6 heteroatoms. The lowest BCUT2D eigenvalue weighted by Crippen LogP contribution is -2.39. The second kappa shape index (κ2) is 9.85. The van der Waals surface area contributed by atoms with E-state index in [2.05, 4.69) is 28.4 Å². The lowest BCUT2D eigenvalue weighted by molar-refractivity contribution is 0.165. The van der Waals surface area contributed by atoms with E-state index in [-0.39, 0.29) is 12.1 Å². The molecule has 0 radical (unpaired) electrons. The fourth-order valence-electron chi connectivity index (χ4n) is 4.48. The number of ether oxygens (including phenoxy) is 2. The Morgan fingerprint density at radius 3 is 2.77 bits per heavy atom. The largest absolute Gasteiger partial charge is 0.496 e. The second-order valence-electron chi connectivity index (χ2n) is 7.95. The van der Waals surface area contributed by atoms with Crippen LogP contribution in [-0.2, 0) is 0 Å². The topological polar surface area (TPSA) is 72.1 Å². The fraction of sp³-hybridized carbons (Fsp3) is 0.458. The van der Waals surface area contributed by atoms with E-state index in [9.17, 15) is 0 Å².